The van der Waals surface area contributed by atoms with E-state index < -0.39 is 16.1 Å². The van der Waals surface area contributed by atoms with E-state index in [9.17, 15) is 13.2 Å². The van der Waals surface area contributed by atoms with Crippen molar-refractivity contribution in [1.82, 2.24) is 9.62 Å². The van der Waals surface area contributed by atoms with Crippen molar-refractivity contribution in [3.05, 3.63) is 30.3 Å². The van der Waals surface area contributed by atoms with Crippen LogP contribution >= 0.6 is 0 Å². The van der Waals surface area contributed by atoms with Gasteiger partial charge in [0.25, 0.3) is 0 Å². The van der Waals surface area contributed by atoms with Crippen LogP contribution in [0.3, 0.4) is 0 Å². The second-order valence-corrected chi connectivity index (χ2v) is 10.5. The van der Waals surface area contributed by atoms with Crippen molar-refractivity contribution in [2.24, 2.45) is 17.8 Å². The van der Waals surface area contributed by atoms with Gasteiger partial charge in [0.2, 0.25) is 15.9 Å². The Kier molecular flexibility index (Phi) is 5.30. The first-order chi connectivity index (χ1) is 13.0. The van der Waals surface area contributed by atoms with Crippen LogP contribution in [0.4, 0.5) is 0 Å². The zero-order chi connectivity index (χ0) is 19.0. The van der Waals surface area contributed by atoms with Crippen molar-refractivity contribution >= 4 is 15.9 Å². The molecule has 1 heterocycles. The molecule has 1 aromatic carbocycles. The maximum Gasteiger partial charge on any atom is 0.243 e. The number of carbonyl (C=O) groups excluding carboxylic acids is 1. The van der Waals surface area contributed by atoms with E-state index in [4.69, 9.17) is 0 Å². The molecule has 1 amide bonds. The molecule has 1 aromatic rings. The largest absolute Gasteiger partial charge is 0.352 e. The van der Waals surface area contributed by atoms with Gasteiger partial charge in [-0.2, -0.15) is 4.31 Å². The number of carbonyl (C=O) groups is 1. The number of sulfonamides is 1. The number of benzene rings is 1. The number of hydrogen-bond acceptors (Lipinski definition) is 3. The van der Waals surface area contributed by atoms with Crippen LogP contribution in [-0.4, -0.2) is 37.3 Å². The number of rotatable bonds is 5. The lowest BCUT2D eigenvalue weighted by Crippen LogP contribution is -2.54. The standard InChI is InChI=1S/C21H30N2O3S/c1-15(19-14-16-10-11-17(19)13-16)22-21(24)20-9-5-6-12-23(20)27(25,26)18-7-3-2-4-8-18/h2-4,7-8,15-17,19-20H,5-6,9-14H2,1H3,(H,22,24)/t15-,16-,17-,19-,20+/m0/s1. The van der Waals surface area contributed by atoms with Crippen LogP contribution in [0.5, 0.6) is 0 Å². The van der Waals surface area contributed by atoms with E-state index in [1.807, 2.05) is 0 Å². The third kappa shape index (κ3) is 3.66. The average Bonchev–Trinajstić information content (AvgIpc) is 3.32. The zero-order valence-electron chi connectivity index (χ0n) is 16.0. The van der Waals surface area contributed by atoms with Crippen LogP contribution in [0.1, 0.15) is 51.9 Å². The van der Waals surface area contributed by atoms with Crippen LogP contribution in [0.15, 0.2) is 35.2 Å². The average molecular weight is 391 g/mol. The molecule has 6 heteroatoms. The molecule has 5 nitrogen and oxygen atoms in total. The van der Waals surface area contributed by atoms with Crippen LogP contribution in [-0.2, 0) is 14.8 Å². The highest BCUT2D eigenvalue weighted by Crippen LogP contribution is 2.49. The molecule has 2 bridgehead atoms. The number of piperidine rings is 1. The summed E-state index contributed by atoms with van der Waals surface area (Å²) in [6, 6.07) is 8.00. The maximum atomic E-state index is 13.1. The summed E-state index contributed by atoms with van der Waals surface area (Å²) in [4.78, 5) is 13.3. The van der Waals surface area contributed by atoms with Gasteiger partial charge in [-0.15, -0.1) is 0 Å². The lowest BCUT2D eigenvalue weighted by Gasteiger charge is -2.36. The summed E-state index contributed by atoms with van der Waals surface area (Å²) in [6.45, 7) is 2.51. The monoisotopic (exact) mass is 390 g/mol. The Morgan fingerprint density at radius 1 is 1.11 bits per heavy atom. The number of nitrogens with zero attached hydrogens (tertiary/aromatic N) is 1. The van der Waals surface area contributed by atoms with Gasteiger partial charge in [0.15, 0.2) is 0 Å². The summed E-state index contributed by atoms with van der Waals surface area (Å²) in [5, 5.41) is 3.18. The van der Waals surface area contributed by atoms with Gasteiger partial charge in [0.05, 0.1) is 4.90 Å². The summed E-state index contributed by atoms with van der Waals surface area (Å²) in [5.74, 6) is 2.00. The van der Waals surface area contributed by atoms with Crippen molar-refractivity contribution in [2.45, 2.75) is 68.8 Å². The topological polar surface area (TPSA) is 66.5 Å². The molecule has 0 aromatic heterocycles. The van der Waals surface area contributed by atoms with Crippen LogP contribution in [0, 0.1) is 17.8 Å². The lowest BCUT2D eigenvalue weighted by molar-refractivity contribution is -0.126. The Labute approximate surface area is 162 Å². The third-order valence-corrected chi connectivity index (χ3v) is 8.83. The first kappa shape index (κ1) is 18.9. The number of hydrogen-bond donors (Lipinski definition) is 1. The smallest absolute Gasteiger partial charge is 0.243 e. The number of nitrogens with one attached hydrogen (secondary N) is 1. The fourth-order valence-electron chi connectivity index (χ4n) is 5.52. The number of fused-ring (bicyclic) bond motifs is 2. The van der Waals surface area contributed by atoms with E-state index in [2.05, 4.69) is 12.2 Å². The summed E-state index contributed by atoms with van der Waals surface area (Å²) >= 11 is 0. The lowest BCUT2D eigenvalue weighted by atomic mass is 9.84. The van der Waals surface area contributed by atoms with E-state index in [-0.39, 0.29) is 16.8 Å². The normalized spacial score (nSPS) is 32.3. The van der Waals surface area contributed by atoms with E-state index in [0.717, 1.165) is 24.7 Å². The van der Waals surface area contributed by atoms with Crippen LogP contribution in [0.2, 0.25) is 0 Å². The molecular weight excluding hydrogens is 360 g/mol. The Morgan fingerprint density at radius 3 is 2.56 bits per heavy atom. The molecule has 1 N–H and O–H groups in total. The zero-order valence-corrected chi connectivity index (χ0v) is 16.8. The molecule has 0 radical (unpaired) electrons. The van der Waals surface area contributed by atoms with E-state index >= 15 is 0 Å². The van der Waals surface area contributed by atoms with E-state index in [0.29, 0.717) is 18.9 Å². The fraction of sp³-hybridized carbons (Fsp3) is 0.667. The minimum absolute atomic E-state index is 0.121. The summed E-state index contributed by atoms with van der Waals surface area (Å²) < 4.78 is 27.6. The van der Waals surface area contributed by atoms with E-state index in [1.165, 1.54) is 30.0 Å². The SMILES string of the molecule is C[C@H](NC(=O)[C@H]1CCCCN1S(=O)(=O)c1ccccc1)[C@@H]1C[C@H]2CC[C@H]1C2. The van der Waals surface area contributed by atoms with Crippen molar-refractivity contribution in [2.75, 3.05) is 6.54 Å². The summed E-state index contributed by atoms with van der Waals surface area (Å²) in [6.07, 6.45) is 7.44. The van der Waals surface area contributed by atoms with Gasteiger partial charge in [0.1, 0.15) is 6.04 Å². The van der Waals surface area contributed by atoms with E-state index in [1.54, 1.807) is 30.3 Å². The molecule has 0 unspecified atom stereocenters. The molecule has 27 heavy (non-hydrogen) atoms. The third-order valence-electron chi connectivity index (χ3n) is 6.91. The summed E-state index contributed by atoms with van der Waals surface area (Å²) in [5.41, 5.74) is 0. The molecule has 1 aliphatic heterocycles. The summed E-state index contributed by atoms with van der Waals surface area (Å²) in [7, 11) is -3.65. The van der Waals surface area contributed by atoms with Crippen molar-refractivity contribution in [3.8, 4) is 0 Å². The number of amides is 1. The first-order valence-electron chi connectivity index (χ1n) is 10.3. The molecular formula is C21H30N2O3S. The quantitative estimate of drug-likeness (QED) is 0.840. The molecule has 3 aliphatic rings. The minimum Gasteiger partial charge on any atom is -0.352 e. The molecule has 0 spiro atoms. The Bertz CT molecular complexity index is 780. The van der Waals surface area contributed by atoms with Gasteiger partial charge in [-0.25, -0.2) is 8.42 Å². The van der Waals surface area contributed by atoms with Gasteiger partial charge in [0, 0.05) is 12.6 Å². The van der Waals surface area contributed by atoms with Gasteiger partial charge in [-0.1, -0.05) is 31.0 Å². The van der Waals surface area contributed by atoms with Crippen molar-refractivity contribution in [3.63, 3.8) is 0 Å². The second-order valence-electron chi connectivity index (χ2n) is 8.58. The highest BCUT2D eigenvalue weighted by Gasteiger charge is 2.43. The predicted molar refractivity (Wildman–Crippen MR) is 105 cm³/mol. The van der Waals surface area contributed by atoms with Gasteiger partial charge in [-0.05, 0) is 68.9 Å². The van der Waals surface area contributed by atoms with Crippen molar-refractivity contribution < 1.29 is 13.2 Å². The molecule has 2 saturated carbocycles. The van der Waals surface area contributed by atoms with Crippen LogP contribution < -0.4 is 5.32 Å². The highest BCUT2D eigenvalue weighted by atomic mass is 32.2. The molecule has 5 atom stereocenters. The Balaban J connectivity index is 1.48. The highest BCUT2D eigenvalue weighted by molar-refractivity contribution is 7.89. The molecule has 3 fully saturated rings. The Morgan fingerprint density at radius 2 is 1.89 bits per heavy atom. The molecule has 148 valence electrons. The molecule has 1 saturated heterocycles. The van der Waals surface area contributed by atoms with Gasteiger partial charge in [-0.3, -0.25) is 4.79 Å². The first-order valence-corrected chi connectivity index (χ1v) is 11.8. The maximum absolute atomic E-state index is 13.1. The molecule has 4 rings (SSSR count). The Hall–Kier alpha value is -1.40. The predicted octanol–water partition coefficient (Wildman–Crippen LogP) is 3.17. The van der Waals surface area contributed by atoms with Crippen LogP contribution in [0.25, 0.3) is 0 Å². The van der Waals surface area contributed by atoms with Gasteiger partial charge < -0.3 is 5.32 Å². The second kappa shape index (κ2) is 7.55. The molecule has 2 aliphatic carbocycles. The van der Waals surface area contributed by atoms with Crippen molar-refractivity contribution in [1.29, 1.82) is 0 Å². The minimum atomic E-state index is -3.65. The van der Waals surface area contributed by atoms with Gasteiger partial charge >= 0.3 is 0 Å². The fourth-order valence-corrected chi connectivity index (χ4v) is 7.19.